The van der Waals surface area contributed by atoms with Crippen LogP contribution in [0, 0.1) is 0 Å². The average molecular weight is 272 g/mol. The summed E-state index contributed by atoms with van der Waals surface area (Å²) in [6.07, 6.45) is 4.20. The van der Waals surface area contributed by atoms with Crippen molar-refractivity contribution >= 4 is 5.91 Å². The van der Waals surface area contributed by atoms with Gasteiger partial charge in [0.05, 0.1) is 6.04 Å². The van der Waals surface area contributed by atoms with E-state index in [4.69, 9.17) is 0 Å². The smallest absolute Gasteiger partial charge is 0.240 e. The van der Waals surface area contributed by atoms with Gasteiger partial charge in [-0.3, -0.25) is 4.79 Å². The third-order valence-electron chi connectivity index (χ3n) is 4.89. The summed E-state index contributed by atoms with van der Waals surface area (Å²) >= 11 is 0. The van der Waals surface area contributed by atoms with E-state index in [0.29, 0.717) is 18.0 Å². The van der Waals surface area contributed by atoms with Crippen LogP contribution in [-0.4, -0.2) is 28.9 Å². The number of hydrogen-bond acceptors (Lipinski definition) is 2. The quantitative estimate of drug-likeness (QED) is 0.897. The summed E-state index contributed by atoms with van der Waals surface area (Å²) in [7, 11) is 0. The first-order valence-corrected chi connectivity index (χ1v) is 7.83. The molecule has 2 unspecified atom stereocenters. The normalized spacial score (nSPS) is 29.3. The molecule has 3 heteroatoms. The SMILES string of the molecule is CCC1CCC(C)N1C(=O)[C@H]1Cc2ccccc2CN1. The summed E-state index contributed by atoms with van der Waals surface area (Å²) in [5.74, 6) is 0.302. The molecule has 1 N–H and O–H groups in total. The fourth-order valence-corrected chi connectivity index (χ4v) is 3.68. The molecule has 20 heavy (non-hydrogen) atoms. The van der Waals surface area contributed by atoms with E-state index in [1.165, 1.54) is 11.1 Å². The molecule has 0 spiro atoms. The molecule has 1 aromatic carbocycles. The van der Waals surface area contributed by atoms with E-state index in [1.807, 2.05) is 0 Å². The minimum Gasteiger partial charge on any atom is -0.336 e. The van der Waals surface area contributed by atoms with Gasteiger partial charge in [-0.1, -0.05) is 31.2 Å². The van der Waals surface area contributed by atoms with Gasteiger partial charge in [-0.15, -0.1) is 0 Å². The second kappa shape index (κ2) is 5.57. The molecule has 0 aromatic heterocycles. The summed E-state index contributed by atoms with van der Waals surface area (Å²) < 4.78 is 0. The lowest BCUT2D eigenvalue weighted by atomic mass is 9.95. The number of likely N-dealkylation sites (tertiary alicyclic amines) is 1. The molecule has 2 aliphatic rings. The van der Waals surface area contributed by atoms with Gasteiger partial charge in [-0.2, -0.15) is 0 Å². The maximum Gasteiger partial charge on any atom is 0.240 e. The molecule has 3 nitrogen and oxygen atoms in total. The molecule has 1 aromatic rings. The monoisotopic (exact) mass is 272 g/mol. The zero-order valence-corrected chi connectivity index (χ0v) is 12.4. The first-order valence-electron chi connectivity index (χ1n) is 7.83. The van der Waals surface area contributed by atoms with Crippen LogP contribution in [0.25, 0.3) is 0 Å². The second-order valence-electron chi connectivity index (χ2n) is 6.14. The van der Waals surface area contributed by atoms with Gasteiger partial charge in [-0.25, -0.2) is 0 Å². The zero-order chi connectivity index (χ0) is 14.1. The molecule has 0 radical (unpaired) electrons. The van der Waals surface area contributed by atoms with E-state index >= 15 is 0 Å². The Hall–Kier alpha value is -1.35. The highest BCUT2D eigenvalue weighted by atomic mass is 16.2. The molecule has 0 bridgehead atoms. The van der Waals surface area contributed by atoms with Gasteiger partial charge in [0.15, 0.2) is 0 Å². The van der Waals surface area contributed by atoms with Crippen LogP contribution in [0.2, 0.25) is 0 Å². The summed E-state index contributed by atoms with van der Waals surface area (Å²) in [6.45, 7) is 5.18. The van der Waals surface area contributed by atoms with Gasteiger partial charge in [0.2, 0.25) is 5.91 Å². The van der Waals surface area contributed by atoms with Crippen LogP contribution in [-0.2, 0) is 17.8 Å². The van der Waals surface area contributed by atoms with Gasteiger partial charge >= 0.3 is 0 Å². The van der Waals surface area contributed by atoms with Crippen LogP contribution in [0.3, 0.4) is 0 Å². The summed E-state index contributed by atoms with van der Waals surface area (Å²) in [5, 5.41) is 3.43. The predicted molar refractivity (Wildman–Crippen MR) is 80.4 cm³/mol. The van der Waals surface area contributed by atoms with Crippen molar-refractivity contribution in [3.63, 3.8) is 0 Å². The highest BCUT2D eigenvalue weighted by Crippen LogP contribution is 2.28. The van der Waals surface area contributed by atoms with Crippen molar-refractivity contribution < 1.29 is 4.79 Å². The van der Waals surface area contributed by atoms with E-state index in [9.17, 15) is 4.79 Å². The lowest BCUT2D eigenvalue weighted by Crippen LogP contribution is -2.52. The largest absolute Gasteiger partial charge is 0.336 e. The van der Waals surface area contributed by atoms with Crippen LogP contribution in [0.4, 0.5) is 0 Å². The van der Waals surface area contributed by atoms with E-state index in [0.717, 1.165) is 32.2 Å². The Morgan fingerprint density at radius 2 is 2.05 bits per heavy atom. The van der Waals surface area contributed by atoms with Crippen LogP contribution in [0.5, 0.6) is 0 Å². The van der Waals surface area contributed by atoms with Gasteiger partial charge in [-0.05, 0) is 43.7 Å². The van der Waals surface area contributed by atoms with E-state index in [-0.39, 0.29) is 6.04 Å². The van der Waals surface area contributed by atoms with E-state index in [2.05, 4.69) is 48.3 Å². The Morgan fingerprint density at radius 3 is 2.80 bits per heavy atom. The molecular weight excluding hydrogens is 248 g/mol. The summed E-state index contributed by atoms with van der Waals surface area (Å²) in [4.78, 5) is 15.0. The van der Waals surface area contributed by atoms with E-state index < -0.39 is 0 Å². The maximum atomic E-state index is 12.9. The third-order valence-corrected chi connectivity index (χ3v) is 4.89. The van der Waals surface area contributed by atoms with Crippen molar-refractivity contribution in [1.82, 2.24) is 10.2 Å². The topological polar surface area (TPSA) is 32.3 Å². The standard InChI is InChI=1S/C17H24N2O/c1-3-15-9-8-12(2)19(15)17(20)16-10-13-6-4-5-7-14(13)11-18-16/h4-7,12,15-16,18H,3,8-11H2,1-2H3/t12?,15?,16-/m1/s1. The van der Waals surface area contributed by atoms with Crippen molar-refractivity contribution in [3.8, 4) is 0 Å². The minimum atomic E-state index is -0.0421. The fraction of sp³-hybridized carbons (Fsp3) is 0.588. The molecule has 1 amide bonds. The van der Waals surface area contributed by atoms with Gasteiger partial charge < -0.3 is 10.2 Å². The van der Waals surface area contributed by atoms with Crippen molar-refractivity contribution in [2.45, 2.75) is 64.2 Å². The number of carbonyl (C=O) groups is 1. The van der Waals surface area contributed by atoms with Crippen molar-refractivity contribution in [2.75, 3.05) is 0 Å². The molecule has 108 valence electrons. The zero-order valence-electron chi connectivity index (χ0n) is 12.4. The number of nitrogens with zero attached hydrogens (tertiary/aromatic N) is 1. The predicted octanol–water partition coefficient (Wildman–Crippen LogP) is 2.49. The number of rotatable bonds is 2. The van der Waals surface area contributed by atoms with E-state index in [1.54, 1.807) is 0 Å². The summed E-state index contributed by atoms with van der Waals surface area (Å²) in [6, 6.07) is 9.23. The lowest BCUT2D eigenvalue weighted by Gasteiger charge is -2.34. The van der Waals surface area contributed by atoms with Crippen LogP contribution >= 0.6 is 0 Å². The molecule has 0 aliphatic carbocycles. The first-order chi connectivity index (χ1) is 9.70. The molecule has 2 aliphatic heterocycles. The fourth-order valence-electron chi connectivity index (χ4n) is 3.68. The van der Waals surface area contributed by atoms with Crippen LogP contribution in [0.1, 0.15) is 44.2 Å². The van der Waals surface area contributed by atoms with Crippen LogP contribution < -0.4 is 5.32 Å². The van der Waals surface area contributed by atoms with Crippen molar-refractivity contribution in [1.29, 1.82) is 0 Å². The lowest BCUT2D eigenvalue weighted by molar-refractivity contribution is -0.136. The Balaban J connectivity index is 1.76. The molecule has 1 saturated heterocycles. The Morgan fingerprint density at radius 1 is 1.30 bits per heavy atom. The first kappa shape index (κ1) is 13.6. The van der Waals surface area contributed by atoms with Gasteiger partial charge in [0.25, 0.3) is 0 Å². The van der Waals surface area contributed by atoms with Gasteiger partial charge in [0.1, 0.15) is 0 Å². The molecule has 1 fully saturated rings. The molecule has 0 saturated carbocycles. The minimum absolute atomic E-state index is 0.0421. The van der Waals surface area contributed by atoms with Crippen LogP contribution in [0.15, 0.2) is 24.3 Å². The third kappa shape index (κ3) is 2.35. The molecule has 3 rings (SSSR count). The molecular formula is C17H24N2O. The Labute approximate surface area is 121 Å². The number of fused-ring (bicyclic) bond motifs is 1. The van der Waals surface area contributed by atoms with Gasteiger partial charge in [0, 0.05) is 18.6 Å². The average Bonchev–Trinajstić information content (AvgIpc) is 2.87. The molecule has 3 atom stereocenters. The maximum absolute atomic E-state index is 12.9. The molecule has 2 heterocycles. The highest BCUT2D eigenvalue weighted by Gasteiger charge is 2.37. The Kier molecular flexibility index (Phi) is 3.79. The van der Waals surface area contributed by atoms with Crippen molar-refractivity contribution in [3.05, 3.63) is 35.4 Å². The second-order valence-corrected chi connectivity index (χ2v) is 6.14. The number of carbonyl (C=O) groups excluding carboxylic acids is 1. The van der Waals surface area contributed by atoms with Crippen molar-refractivity contribution in [2.24, 2.45) is 0 Å². The number of amides is 1. The number of benzene rings is 1. The Bertz CT molecular complexity index is 500. The summed E-state index contributed by atoms with van der Waals surface area (Å²) in [5.41, 5.74) is 2.66. The number of nitrogens with one attached hydrogen (secondary N) is 1. The number of hydrogen-bond donors (Lipinski definition) is 1. The highest BCUT2D eigenvalue weighted by molar-refractivity contribution is 5.83.